The maximum absolute atomic E-state index is 12.6. The summed E-state index contributed by atoms with van der Waals surface area (Å²) in [6.45, 7) is 2.24. The van der Waals surface area contributed by atoms with Gasteiger partial charge < -0.3 is 85.0 Å². The average molecular weight is 1210 g/mol. The summed E-state index contributed by atoms with van der Waals surface area (Å²) in [5, 5.41) is 3.22. The molecule has 28 heteroatoms. The van der Waals surface area contributed by atoms with E-state index in [0.717, 1.165) is 149 Å². The molecule has 0 saturated heterocycles. The lowest BCUT2D eigenvalue weighted by Crippen LogP contribution is -2.45. The minimum absolute atomic E-state index is 0.0140. The second kappa shape index (κ2) is 39.8. The topological polar surface area (TPSA) is 195 Å². The number of amides is 1. The number of carbonyl (C=O) groups is 1. The fourth-order valence-electron chi connectivity index (χ4n) is 11.1. The van der Waals surface area contributed by atoms with Gasteiger partial charge in [-0.05, 0) is 18.8 Å². The molecule has 0 spiro atoms. The lowest BCUT2D eigenvalue weighted by atomic mass is 9.98. The molecule has 0 heterocycles. The summed E-state index contributed by atoms with van der Waals surface area (Å²) in [6.07, 6.45) is 9.61. The van der Waals surface area contributed by atoms with Crippen molar-refractivity contribution < 1.29 is 84.5 Å². The molecule has 74 heavy (non-hydrogen) atoms. The number of nitrogens with one attached hydrogen (secondary N) is 1. The molecule has 0 saturated carbocycles. The second-order valence-corrected chi connectivity index (χ2v) is 48.0. The predicted molar refractivity (Wildman–Crippen MR) is 308 cm³/mol. The van der Waals surface area contributed by atoms with Crippen molar-refractivity contribution in [2.45, 2.75) is 156 Å². The van der Waals surface area contributed by atoms with Crippen LogP contribution in [0.4, 0.5) is 0 Å². The van der Waals surface area contributed by atoms with Crippen LogP contribution >= 0.6 is 0 Å². The first-order valence-electron chi connectivity index (χ1n) is 26.5. The molecule has 0 unspecified atom stereocenters. The highest BCUT2D eigenvalue weighted by molar-refractivity contribution is 6.81. The van der Waals surface area contributed by atoms with E-state index in [1.165, 1.54) is 0 Å². The molecule has 0 rings (SSSR count). The number of rotatable bonds is 52. The Balaban J connectivity index is 7.26. The quantitative estimate of drug-likeness (QED) is 0.0567. The van der Waals surface area contributed by atoms with Gasteiger partial charge >= 0.3 is 52.8 Å². The van der Waals surface area contributed by atoms with Gasteiger partial charge in [0, 0.05) is 178 Å². The number of carbonyl (C=O) groups excluding carboxylic acids is 1. The molecule has 0 aliphatic carbocycles. The van der Waals surface area contributed by atoms with Crippen molar-refractivity contribution in [2.24, 2.45) is 5.92 Å². The van der Waals surface area contributed by atoms with Crippen molar-refractivity contribution >= 4 is 74.9 Å². The average Bonchev–Trinajstić information content (AvgIpc) is 3.43. The van der Waals surface area contributed by atoms with Crippen LogP contribution < -0.4 is 5.32 Å². The van der Waals surface area contributed by atoms with Crippen LogP contribution in [0.3, 0.4) is 0 Å². The van der Waals surface area contributed by atoms with E-state index in [2.05, 4.69) is 5.32 Å². The van der Waals surface area contributed by atoms with Crippen LogP contribution in [0, 0.1) is 5.92 Å². The second-order valence-electron chi connectivity index (χ2n) is 19.5. The monoisotopic (exact) mass is 1200 g/mol. The Morgan fingerprint density at radius 3 is 0.595 bits per heavy atom. The molecule has 444 valence electrons. The largest absolute Gasteiger partial charge is 0.500 e. The molecule has 0 aliphatic rings. The van der Waals surface area contributed by atoms with E-state index >= 15 is 0 Å². The number of hydrogen-bond acceptors (Lipinski definition) is 19. The van der Waals surface area contributed by atoms with Crippen LogP contribution in [-0.2, 0) is 84.5 Å². The van der Waals surface area contributed by atoms with Crippen LogP contribution in [0.15, 0.2) is 0 Å². The van der Waals surface area contributed by atoms with Crippen molar-refractivity contribution in [1.29, 1.82) is 0 Å². The Morgan fingerprint density at radius 2 is 0.446 bits per heavy atom. The van der Waals surface area contributed by atoms with Gasteiger partial charge in [-0.25, -0.2) is 0 Å². The van der Waals surface area contributed by atoms with Gasteiger partial charge in [-0.1, -0.05) is 99.7 Å². The maximum Gasteiger partial charge on any atom is 0.500 e. The Morgan fingerprint density at radius 1 is 0.284 bits per heavy atom. The summed E-state index contributed by atoms with van der Waals surface area (Å²) >= 11 is 0. The Kier molecular flexibility index (Phi) is 40.1. The minimum atomic E-state index is -2.82. The highest BCUT2D eigenvalue weighted by Crippen LogP contribution is 2.40. The van der Waals surface area contributed by atoms with Gasteiger partial charge in [0.25, 0.3) is 0 Å². The van der Waals surface area contributed by atoms with Crippen molar-refractivity contribution in [1.82, 2.24) is 5.32 Å². The Bertz CT molecular complexity index is 1130. The zero-order chi connectivity index (χ0) is 56.3. The first kappa shape index (κ1) is 74.5. The molecule has 0 aliphatic heterocycles. The molecule has 1 amide bonds. The van der Waals surface area contributed by atoms with Gasteiger partial charge in [0.15, 0.2) is 0 Å². The molecule has 0 radical (unpaired) electrons. The number of hydrogen-bond donors (Lipinski definition) is 1. The third-order valence-electron chi connectivity index (χ3n) is 16.0. The van der Waals surface area contributed by atoms with Gasteiger partial charge in [0.05, 0.1) is 16.1 Å². The van der Waals surface area contributed by atoms with E-state index in [4.69, 9.17) is 79.7 Å². The summed E-state index contributed by atoms with van der Waals surface area (Å²) in [5.74, 6) is 0.278. The minimum Gasteiger partial charge on any atom is -0.377 e. The lowest BCUT2D eigenvalue weighted by Gasteiger charge is -2.36. The van der Waals surface area contributed by atoms with Crippen LogP contribution in [-0.4, -0.2) is 209 Å². The van der Waals surface area contributed by atoms with Crippen LogP contribution in [0.5, 0.6) is 0 Å². The van der Waals surface area contributed by atoms with E-state index in [1.54, 1.807) is 135 Å². The zero-order valence-electron chi connectivity index (χ0n) is 50.0. The Labute approximate surface area is 458 Å². The van der Waals surface area contributed by atoms with E-state index in [0.29, 0.717) is 12.5 Å². The van der Waals surface area contributed by atoms with E-state index < -0.39 is 69.0 Å². The third-order valence-corrected chi connectivity index (χ3v) is 44.3. The fourth-order valence-corrected chi connectivity index (χ4v) is 34.0. The summed E-state index contributed by atoms with van der Waals surface area (Å²) in [5.41, 5.74) is 0. The molecule has 0 aromatic heterocycles. The highest BCUT2D eigenvalue weighted by atomic mass is 28.4. The van der Waals surface area contributed by atoms with Crippen molar-refractivity contribution in [3.05, 3.63) is 0 Å². The molecule has 0 aromatic carbocycles. The van der Waals surface area contributed by atoms with E-state index in [9.17, 15) is 4.79 Å². The van der Waals surface area contributed by atoms with Gasteiger partial charge in [-0.2, -0.15) is 0 Å². The summed E-state index contributed by atoms with van der Waals surface area (Å²) in [7, 11) is 9.19. The van der Waals surface area contributed by atoms with Gasteiger partial charge in [-0.15, -0.1) is 0 Å². The molecule has 0 fully saturated rings. The van der Waals surface area contributed by atoms with Crippen molar-refractivity contribution in [2.75, 3.05) is 135 Å². The first-order valence-corrected chi connectivity index (χ1v) is 43.8. The van der Waals surface area contributed by atoms with Gasteiger partial charge in [0.2, 0.25) is 5.91 Å². The third kappa shape index (κ3) is 25.1. The molecular weight excluding hydrogens is 1100 g/mol. The zero-order valence-corrected chi connectivity index (χ0v) is 58.0. The standard InChI is InChI=1S/C46H109NO19Si8/c1-45(48)47-44-46(28-20-30-67(32-22-38-69(49-2,50-3)51-4,33-23-39-70(52-5,53-6)54-7)34-24-40-71(55-8,56-9)57-10)29-21-31-68(35-25-41-72(58-11,59-12)60-13,36-26-42-73(61-14,62-15)63-16)37-27-43-74(64-17,65-18)66-19/h46H,20-44H2,1-19H3,(H,47,48). The van der Waals surface area contributed by atoms with Crippen molar-refractivity contribution in [3.8, 4) is 0 Å². The Hall–Kier alpha value is 0.485. The highest BCUT2D eigenvalue weighted by Gasteiger charge is 2.46. The van der Waals surface area contributed by atoms with Crippen LogP contribution in [0.25, 0.3) is 0 Å². The normalized spacial score (nSPS) is 13.7. The molecular formula is C46H109NO19Si8. The van der Waals surface area contributed by atoms with E-state index in [1.807, 2.05) is 0 Å². The first-order chi connectivity index (χ1) is 35.3. The summed E-state index contributed by atoms with van der Waals surface area (Å²) in [6, 6.07) is 13.0. The SMILES string of the molecule is CO[Si](CCC[Si](CCCC(CCC[Si](CCC[Si](OC)(OC)OC)(CCC[Si](OC)(OC)OC)CCC[Si](OC)(OC)OC)CNC(C)=O)(CCC[Si](OC)(OC)OC)CCC[Si](OC)(OC)OC)(OC)OC. The van der Waals surface area contributed by atoms with Gasteiger partial charge in [0.1, 0.15) is 0 Å². The smallest absolute Gasteiger partial charge is 0.377 e. The fraction of sp³-hybridized carbons (Fsp3) is 0.978. The molecule has 1 N–H and O–H groups in total. The maximum atomic E-state index is 12.6. The molecule has 0 atom stereocenters. The predicted octanol–water partition coefficient (Wildman–Crippen LogP) is 8.81. The molecule has 0 aromatic rings. The molecule has 20 nitrogen and oxygen atoms in total. The summed E-state index contributed by atoms with van der Waals surface area (Å²) in [4.78, 5) is 12.6. The van der Waals surface area contributed by atoms with E-state index in [-0.39, 0.29) is 5.91 Å². The van der Waals surface area contributed by atoms with Crippen LogP contribution in [0.2, 0.25) is 84.6 Å². The molecule has 0 bridgehead atoms. The van der Waals surface area contributed by atoms with Gasteiger partial charge in [-0.3, -0.25) is 4.79 Å². The van der Waals surface area contributed by atoms with Crippen molar-refractivity contribution in [3.63, 3.8) is 0 Å². The van der Waals surface area contributed by atoms with Crippen LogP contribution in [0.1, 0.15) is 71.1 Å². The lowest BCUT2D eigenvalue weighted by molar-refractivity contribution is -0.119. The summed E-state index contributed by atoms with van der Waals surface area (Å²) < 4.78 is 106.